The Bertz CT molecular complexity index is 641. The van der Waals surface area contributed by atoms with Gasteiger partial charge in [0.1, 0.15) is 9.75 Å². The first-order valence-electron chi connectivity index (χ1n) is 6.89. The van der Waals surface area contributed by atoms with Crippen LogP contribution in [0.2, 0.25) is 0 Å². The third kappa shape index (κ3) is 1.55. The number of rotatable bonds is 0. The van der Waals surface area contributed by atoms with E-state index in [1.54, 1.807) is 0 Å². The molecule has 0 aromatic carbocycles. The number of imide groups is 1. The number of halogens is 6. The summed E-state index contributed by atoms with van der Waals surface area (Å²) in [5.74, 6) is -3.53. The predicted octanol–water partition coefficient (Wildman–Crippen LogP) is 3.85. The maximum atomic E-state index is 12.1. The molecule has 2 bridgehead atoms. The van der Waals surface area contributed by atoms with Crippen molar-refractivity contribution in [2.24, 2.45) is 23.7 Å². The Labute approximate surface area is 161 Å². The lowest BCUT2D eigenvalue weighted by Crippen LogP contribution is -2.44. The zero-order valence-electron chi connectivity index (χ0n) is 11.2. The molecule has 6 atom stereocenters. The van der Waals surface area contributed by atoms with Crippen molar-refractivity contribution < 1.29 is 14.8 Å². The van der Waals surface area contributed by atoms with E-state index in [-0.39, 0.29) is 28.0 Å². The van der Waals surface area contributed by atoms with Crippen LogP contribution in [-0.2, 0) is 9.59 Å². The number of alkyl halides is 4. The lowest BCUT2D eigenvalue weighted by molar-refractivity contribution is -0.173. The van der Waals surface area contributed by atoms with Crippen LogP contribution in [0.5, 0.6) is 0 Å². The quantitative estimate of drug-likeness (QED) is 0.354. The number of fused-ring (bicyclic) bond motifs is 6. The standard InChI is InChI=1S/C13H9Cl6NO3/c14-7-8(15)12(17)6-2-4-3(9(21)20(23)10(4)22)1-5(6)11(7,16)13(12,18)19/h3-6,23H,1-2H2/t3-,4-,5-,6-,11+,12+/m1/s1. The molecule has 4 nitrogen and oxygen atoms in total. The monoisotopic (exact) mass is 437 g/mol. The van der Waals surface area contributed by atoms with Crippen LogP contribution >= 0.6 is 69.6 Å². The van der Waals surface area contributed by atoms with Crippen molar-refractivity contribution >= 4 is 81.4 Å². The average molecular weight is 440 g/mol. The molecule has 3 aliphatic carbocycles. The zero-order valence-corrected chi connectivity index (χ0v) is 15.7. The van der Waals surface area contributed by atoms with Crippen LogP contribution in [0, 0.1) is 23.7 Å². The van der Waals surface area contributed by atoms with E-state index in [1.807, 2.05) is 0 Å². The van der Waals surface area contributed by atoms with E-state index < -0.39 is 49.6 Å². The first-order valence-corrected chi connectivity index (χ1v) is 9.16. The Morgan fingerprint density at radius 3 is 1.57 bits per heavy atom. The Morgan fingerprint density at radius 2 is 1.22 bits per heavy atom. The van der Waals surface area contributed by atoms with Crippen molar-refractivity contribution in [3.63, 3.8) is 0 Å². The summed E-state index contributed by atoms with van der Waals surface area (Å²) in [6.07, 6.45) is 0.410. The molecular formula is C13H9Cl6NO3. The van der Waals surface area contributed by atoms with Crippen molar-refractivity contribution in [2.45, 2.75) is 26.9 Å². The summed E-state index contributed by atoms with van der Waals surface area (Å²) in [6.45, 7) is 0. The normalized spacial score (nSPS) is 50.7. The molecule has 2 saturated carbocycles. The van der Waals surface area contributed by atoms with Gasteiger partial charge in [-0.2, -0.15) is 5.06 Å². The van der Waals surface area contributed by atoms with Crippen molar-refractivity contribution in [3.8, 4) is 0 Å². The van der Waals surface area contributed by atoms with Gasteiger partial charge in [-0.05, 0) is 24.7 Å². The maximum absolute atomic E-state index is 12.1. The van der Waals surface area contributed by atoms with Gasteiger partial charge in [-0.25, -0.2) is 0 Å². The molecule has 3 fully saturated rings. The summed E-state index contributed by atoms with van der Waals surface area (Å²) in [4.78, 5) is 21.3. The van der Waals surface area contributed by atoms with Crippen molar-refractivity contribution in [1.29, 1.82) is 0 Å². The fourth-order valence-corrected chi connectivity index (χ4v) is 7.81. The predicted molar refractivity (Wildman–Crippen MR) is 87.2 cm³/mol. The van der Waals surface area contributed by atoms with Gasteiger partial charge in [-0.1, -0.05) is 46.4 Å². The summed E-state index contributed by atoms with van der Waals surface area (Å²) in [5.41, 5.74) is 0. The van der Waals surface area contributed by atoms with E-state index in [2.05, 4.69) is 0 Å². The van der Waals surface area contributed by atoms with E-state index in [0.29, 0.717) is 0 Å². The molecule has 0 spiro atoms. The largest absolute Gasteiger partial charge is 0.278 e. The van der Waals surface area contributed by atoms with Crippen molar-refractivity contribution in [3.05, 3.63) is 10.1 Å². The molecule has 10 heteroatoms. The highest BCUT2D eigenvalue weighted by atomic mass is 35.5. The molecule has 1 N–H and O–H groups in total. The van der Waals surface area contributed by atoms with Crippen LogP contribution in [0.25, 0.3) is 0 Å². The summed E-state index contributed by atoms with van der Waals surface area (Å²) < 4.78 is -1.67. The second kappa shape index (κ2) is 4.64. The average Bonchev–Trinajstić information content (AvgIpc) is 2.84. The van der Waals surface area contributed by atoms with Gasteiger partial charge in [0, 0.05) is 0 Å². The fourth-order valence-electron chi connectivity index (χ4n) is 4.70. The van der Waals surface area contributed by atoms with Crippen LogP contribution in [-0.4, -0.2) is 36.2 Å². The SMILES string of the molecule is O=C1[C@@H]2C[C@@H]3[C@@H](C[C@H]2C(=O)N1O)[C@]1(Cl)C(Cl)=C(Cl)[C@]3(Cl)C1(Cl)Cl. The maximum Gasteiger partial charge on any atom is 0.257 e. The van der Waals surface area contributed by atoms with Gasteiger partial charge >= 0.3 is 0 Å². The topological polar surface area (TPSA) is 57.6 Å². The number of hydrogen-bond acceptors (Lipinski definition) is 3. The molecule has 23 heavy (non-hydrogen) atoms. The van der Waals surface area contributed by atoms with E-state index in [0.717, 1.165) is 0 Å². The fraction of sp³-hybridized carbons (Fsp3) is 0.692. The van der Waals surface area contributed by atoms with Crippen LogP contribution in [0.3, 0.4) is 0 Å². The Morgan fingerprint density at radius 1 is 0.870 bits per heavy atom. The molecule has 0 aromatic heterocycles. The number of hydroxylamine groups is 2. The molecule has 4 rings (SSSR count). The smallest absolute Gasteiger partial charge is 0.257 e. The molecule has 1 saturated heterocycles. The Kier molecular flexibility index (Phi) is 3.44. The van der Waals surface area contributed by atoms with Gasteiger partial charge in [0.25, 0.3) is 11.8 Å². The van der Waals surface area contributed by atoms with Crippen molar-refractivity contribution in [2.75, 3.05) is 0 Å². The molecule has 0 unspecified atom stereocenters. The molecule has 0 aromatic rings. The van der Waals surface area contributed by atoms with Gasteiger partial charge in [0.15, 0.2) is 4.33 Å². The number of hydrogen-bond donors (Lipinski definition) is 1. The summed E-state index contributed by atoms with van der Waals surface area (Å²) in [7, 11) is 0. The van der Waals surface area contributed by atoms with Crippen molar-refractivity contribution in [1.82, 2.24) is 5.06 Å². The minimum atomic E-state index is -1.67. The first kappa shape index (κ1) is 17.0. The number of amides is 2. The summed E-state index contributed by atoms with van der Waals surface area (Å²) in [6, 6.07) is 0. The molecule has 2 amide bonds. The van der Waals surface area contributed by atoms with Gasteiger partial charge in [-0.15, -0.1) is 23.2 Å². The summed E-state index contributed by atoms with van der Waals surface area (Å²) in [5, 5.41) is 9.93. The lowest BCUT2D eigenvalue weighted by Gasteiger charge is -2.42. The summed E-state index contributed by atoms with van der Waals surface area (Å²) >= 11 is 39.0. The van der Waals surface area contributed by atoms with E-state index in [9.17, 15) is 14.8 Å². The van der Waals surface area contributed by atoms with Crippen LogP contribution in [0.1, 0.15) is 12.8 Å². The number of carbonyl (C=O) groups excluding carboxylic acids is 2. The minimum absolute atomic E-state index is 0.0816. The van der Waals surface area contributed by atoms with Crippen LogP contribution in [0.15, 0.2) is 10.1 Å². The molecule has 1 heterocycles. The number of allylic oxidation sites excluding steroid dienone is 2. The van der Waals surface area contributed by atoms with E-state index in [1.165, 1.54) is 0 Å². The minimum Gasteiger partial charge on any atom is -0.278 e. The Hall–Kier alpha value is 0.580. The molecular weight excluding hydrogens is 431 g/mol. The second-order valence-corrected chi connectivity index (χ2v) is 9.79. The highest BCUT2D eigenvalue weighted by Crippen LogP contribution is 2.79. The van der Waals surface area contributed by atoms with Crippen LogP contribution < -0.4 is 0 Å². The number of carbonyl (C=O) groups is 2. The molecule has 1 aliphatic heterocycles. The lowest BCUT2D eigenvalue weighted by atomic mass is 9.65. The zero-order chi connectivity index (χ0) is 17.1. The van der Waals surface area contributed by atoms with Gasteiger partial charge in [0.05, 0.1) is 21.9 Å². The first-order chi connectivity index (χ1) is 10.5. The third-order valence-electron chi connectivity index (χ3n) is 5.81. The molecule has 0 radical (unpaired) electrons. The third-order valence-corrected chi connectivity index (χ3v) is 10.2. The van der Waals surface area contributed by atoms with E-state index >= 15 is 0 Å². The highest BCUT2D eigenvalue weighted by Gasteiger charge is 2.83. The van der Waals surface area contributed by atoms with Gasteiger partial charge in [0.2, 0.25) is 0 Å². The van der Waals surface area contributed by atoms with Crippen LogP contribution in [0.4, 0.5) is 0 Å². The van der Waals surface area contributed by atoms with Gasteiger partial charge < -0.3 is 0 Å². The molecule has 126 valence electrons. The van der Waals surface area contributed by atoms with E-state index in [4.69, 9.17) is 69.6 Å². The molecule has 4 aliphatic rings. The highest BCUT2D eigenvalue weighted by molar-refractivity contribution is 6.65. The second-order valence-electron chi connectivity index (χ2n) is 6.51. The Balaban J connectivity index is 1.86. The number of nitrogens with zero attached hydrogens (tertiary/aromatic N) is 1. The van der Waals surface area contributed by atoms with Gasteiger partial charge in [-0.3, -0.25) is 14.8 Å².